The van der Waals surface area contributed by atoms with Crippen molar-refractivity contribution >= 4 is 39.1 Å². The Bertz CT molecular complexity index is 1390. The average Bonchev–Trinajstić information content (AvgIpc) is 3.48. The van der Waals surface area contributed by atoms with E-state index in [1.807, 2.05) is 30.3 Å². The SMILES string of the molecule is COc1ccc(S(=O)(=O)N(CC(=O)N(Cc2ccccc2)[C@H](C)C(=O)NC2CCCC2)c2ccc(Cl)cc2)cc1. The number of carbonyl (C=O) groups is 2. The smallest absolute Gasteiger partial charge is 0.264 e. The molecule has 212 valence electrons. The lowest BCUT2D eigenvalue weighted by Gasteiger charge is -2.32. The number of hydrogen-bond acceptors (Lipinski definition) is 5. The maximum Gasteiger partial charge on any atom is 0.264 e. The molecule has 1 aliphatic carbocycles. The van der Waals surface area contributed by atoms with E-state index in [9.17, 15) is 18.0 Å². The monoisotopic (exact) mass is 583 g/mol. The highest BCUT2D eigenvalue weighted by molar-refractivity contribution is 7.92. The molecule has 4 rings (SSSR count). The van der Waals surface area contributed by atoms with Gasteiger partial charge in [0.1, 0.15) is 18.3 Å². The second kappa shape index (κ2) is 13.2. The van der Waals surface area contributed by atoms with Crippen LogP contribution >= 0.6 is 11.6 Å². The normalized spacial score (nSPS) is 14.4. The van der Waals surface area contributed by atoms with Gasteiger partial charge in [0.2, 0.25) is 11.8 Å². The van der Waals surface area contributed by atoms with E-state index in [4.69, 9.17) is 16.3 Å². The van der Waals surface area contributed by atoms with Crippen molar-refractivity contribution in [3.05, 3.63) is 89.4 Å². The number of hydrogen-bond donors (Lipinski definition) is 1. The van der Waals surface area contributed by atoms with E-state index in [0.29, 0.717) is 10.8 Å². The van der Waals surface area contributed by atoms with Crippen molar-refractivity contribution in [1.29, 1.82) is 0 Å². The topological polar surface area (TPSA) is 96.0 Å². The first-order chi connectivity index (χ1) is 19.2. The minimum Gasteiger partial charge on any atom is -0.497 e. The van der Waals surface area contributed by atoms with Crippen LogP contribution in [0.2, 0.25) is 5.02 Å². The van der Waals surface area contributed by atoms with Crippen molar-refractivity contribution in [1.82, 2.24) is 10.2 Å². The largest absolute Gasteiger partial charge is 0.497 e. The highest BCUT2D eigenvalue weighted by atomic mass is 35.5. The zero-order chi connectivity index (χ0) is 28.7. The summed E-state index contributed by atoms with van der Waals surface area (Å²) in [5.41, 5.74) is 1.10. The summed E-state index contributed by atoms with van der Waals surface area (Å²) >= 11 is 6.07. The second-order valence-electron chi connectivity index (χ2n) is 9.84. The predicted molar refractivity (Wildman–Crippen MR) is 156 cm³/mol. The van der Waals surface area contributed by atoms with Crippen LogP contribution in [-0.2, 0) is 26.2 Å². The van der Waals surface area contributed by atoms with E-state index in [1.54, 1.807) is 43.3 Å². The Hall–Kier alpha value is -3.56. The number of halogens is 1. The van der Waals surface area contributed by atoms with Crippen LogP contribution in [-0.4, -0.2) is 50.9 Å². The summed E-state index contributed by atoms with van der Waals surface area (Å²) in [6.45, 7) is 1.32. The van der Waals surface area contributed by atoms with Crippen LogP contribution in [0.1, 0.15) is 38.2 Å². The van der Waals surface area contributed by atoms with Crippen molar-refractivity contribution in [3.63, 3.8) is 0 Å². The van der Waals surface area contributed by atoms with Crippen LogP contribution in [0.3, 0.4) is 0 Å². The summed E-state index contributed by atoms with van der Waals surface area (Å²) in [4.78, 5) is 28.6. The summed E-state index contributed by atoms with van der Waals surface area (Å²) in [5, 5.41) is 3.50. The number of nitrogens with one attached hydrogen (secondary N) is 1. The number of amides is 2. The third kappa shape index (κ3) is 7.14. The number of methoxy groups -OCH3 is 1. The lowest BCUT2D eigenvalue weighted by Crippen LogP contribution is -2.52. The molecule has 0 unspecified atom stereocenters. The molecule has 0 aromatic heterocycles. The number of ether oxygens (including phenoxy) is 1. The van der Waals surface area contributed by atoms with Crippen LogP contribution in [0.15, 0.2) is 83.8 Å². The molecule has 3 aromatic rings. The molecule has 1 fully saturated rings. The maximum absolute atomic E-state index is 14.0. The Morgan fingerprint density at radius 3 is 2.20 bits per heavy atom. The van der Waals surface area contributed by atoms with Gasteiger partial charge in [0, 0.05) is 17.6 Å². The van der Waals surface area contributed by atoms with Gasteiger partial charge in [-0.05, 0) is 73.9 Å². The van der Waals surface area contributed by atoms with Gasteiger partial charge in [0.15, 0.2) is 0 Å². The van der Waals surface area contributed by atoms with E-state index in [1.165, 1.54) is 24.1 Å². The van der Waals surface area contributed by atoms with Crippen LogP contribution in [0.25, 0.3) is 0 Å². The summed E-state index contributed by atoms with van der Waals surface area (Å²) in [6, 6.07) is 20.8. The minimum absolute atomic E-state index is 0.00214. The van der Waals surface area contributed by atoms with Crippen molar-refractivity contribution in [2.75, 3.05) is 18.0 Å². The number of benzene rings is 3. The van der Waals surface area contributed by atoms with Crippen LogP contribution < -0.4 is 14.4 Å². The fourth-order valence-electron chi connectivity index (χ4n) is 4.77. The highest BCUT2D eigenvalue weighted by Gasteiger charge is 2.33. The molecule has 1 atom stereocenters. The maximum atomic E-state index is 14.0. The van der Waals surface area contributed by atoms with Crippen molar-refractivity contribution in [2.24, 2.45) is 0 Å². The molecule has 3 aromatic carbocycles. The van der Waals surface area contributed by atoms with Crippen LogP contribution in [0, 0.1) is 0 Å². The van der Waals surface area contributed by atoms with Crippen LogP contribution in [0.5, 0.6) is 5.75 Å². The second-order valence-corrected chi connectivity index (χ2v) is 12.1. The molecule has 0 aliphatic heterocycles. The summed E-state index contributed by atoms with van der Waals surface area (Å²) in [7, 11) is -2.68. The molecule has 1 N–H and O–H groups in total. The average molecular weight is 584 g/mol. The Kier molecular flexibility index (Phi) is 9.71. The first kappa shape index (κ1) is 29.4. The highest BCUT2D eigenvalue weighted by Crippen LogP contribution is 2.27. The molecular formula is C30H34ClN3O5S. The van der Waals surface area contributed by atoms with Gasteiger partial charge in [-0.25, -0.2) is 8.42 Å². The first-order valence-electron chi connectivity index (χ1n) is 13.2. The van der Waals surface area contributed by atoms with Gasteiger partial charge in [0.05, 0.1) is 17.7 Å². The quantitative estimate of drug-likeness (QED) is 0.342. The number of rotatable bonds is 11. The molecule has 0 radical (unpaired) electrons. The lowest BCUT2D eigenvalue weighted by atomic mass is 10.1. The molecule has 1 saturated carbocycles. The van der Waals surface area contributed by atoms with Gasteiger partial charge in [-0.1, -0.05) is 54.8 Å². The van der Waals surface area contributed by atoms with Crippen molar-refractivity contribution < 1.29 is 22.7 Å². The Morgan fingerprint density at radius 2 is 1.60 bits per heavy atom. The molecule has 1 aliphatic rings. The Morgan fingerprint density at radius 1 is 0.975 bits per heavy atom. The fraction of sp³-hybridized carbons (Fsp3) is 0.333. The summed E-state index contributed by atoms with van der Waals surface area (Å²) in [5.74, 6) is -0.263. The third-order valence-electron chi connectivity index (χ3n) is 7.11. The van der Waals surface area contributed by atoms with Gasteiger partial charge in [-0.2, -0.15) is 0 Å². The van der Waals surface area contributed by atoms with E-state index < -0.39 is 28.5 Å². The molecule has 0 heterocycles. The Balaban J connectivity index is 1.66. The number of sulfonamides is 1. The molecule has 0 spiro atoms. The number of anilines is 1. The van der Waals surface area contributed by atoms with E-state index in [0.717, 1.165) is 35.6 Å². The fourth-order valence-corrected chi connectivity index (χ4v) is 6.31. The van der Waals surface area contributed by atoms with E-state index >= 15 is 0 Å². The van der Waals surface area contributed by atoms with E-state index in [2.05, 4.69) is 5.32 Å². The van der Waals surface area contributed by atoms with Crippen molar-refractivity contribution in [2.45, 2.75) is 56.1 Å². The minimum atomic E-state index is -4.17. The molecule has 2 amide bonds. The molecular weight excluding hydrogens is 550 g/mol. The zero-order valence-electron chi connectivity index (χ0n) is 22.6. The van der Waals surface area contributed by atoms with E-state index in [-0.39, 0.29) is 29.1 Å². The molecule has 0 saturated heterocycles. The van der Waals surface area contributed by atoms with Gasteiger partial charge in [-0.15, -0.1) is 0 Å². The van der Waals surface area contributed by atoms with Gasteiger partial charge < -0.3 is 15.0 Å². The number of carbonyl (C=O) groups excluding carboxylic acids is 2. The standard InChI is InChI=1S/C30H34ClN3O5S/c1-22(30(36)32-25-10-6-7-11-25)33(20-23-8-4-3-5-9-23)29(35)21-34(26-14-12-24(31)13-15-26)40(37,38)28-18-16-27(39-2)17-19-28/h3-5,8-9,12-19,22,25H,6-7,10-11,20-21H2,1-2H3,(H,32,36)/t22-/m1/s1. The molecule has 40 heavy (non-hydrogen) atoms. The Labute approximate surface area is 240 Å². The molecule has 0 bridgehead atoms. The third-order valence-corrected chi connectivity index (χ3v) is 9.15. The lowest BCUT2D eigenvalue weighted by molar-refractivity contribution is -0.139. The molecule has 10 heteroatoms. The molecule has 8 nitrogen and oxygen atoms in total. The zero-order valence-corrected chi connectivity index (χ0v) is 24.2. The first-order valence-corrected chi connectivity index (χ1v) is 15.1. The van der Waals surface area contributed by atoms with Crippen LogP contribution in [0.4, 0.5) is 5.69 Å². The van der Waals surface area contributed by atoms with Gasteiger partial charge >= 0.3 is 0 Å². The van der Waals surface area contributed by atoms with Gasteiger partial charge in [-0.3, -0.25) is 13.9 Å². The predicted octanol–water partition coefficient (Wildman–Crippen LogP) is 5.02. The summed E-state index contributed by atoms with van der Waals surface area (Å²) in [6.07, 6.45) is 3.95. The number of nitrogens with zero attached hydrogens (tertiary/aromatic N) is 2. The van der Waals surface area contributed by atoms with Gasteiger partial charge in [0.25, 0.3) is 10.0 Å². The summed E-state index contributed by atoms with van der Waals surface area (Å²) < 4.78 is 34.0. The van der Waals surface area contributed by atoms with Crippen molar-refractivity contribution in [3.8, 4) is 5.75 Å².